The van der Waals surface area contributed by atoms with Gasteiger partial charge in [0.2, 0.25) is 29.5 Å². The quantitative estimate of drug-likeness (QED) is 0.118. The molecule has 32 heavy (non-hydrogen) atoms. The molecule has 0 bridgehead atoms. The molecule has 182 valence electrons. The molecule has 0 heterocycles. The van der Waals surface area contributed by atoms with E-state index in [-0.39, 0.29) is 25.2 Å². The highest BCUT2D eigenvalue weighted by atomic mass is 16.4. The number of carbonyl (C=O) groups excluding carboxylic acids is 5. The lowest BCUT2D eigenvalue weighted by atomic mass is 10.0. The third kappa shape index (κ3) is 11.2. The van der Waals surface area contributed by atoms with Crippen molar-refractivity contribution in [1.82, 2.24) is 16.0 Å². The van der Waals surface area contributed by atoms with E-state index in [9.17, 15) is 33.9 Å². The van der Waals surface area contributed by atoms with Crippen LogP contribution in [0.2, 0.25) is 0 Å². The molecule has 0 aromatic rings. The van der Waals surface area contributed by atoms with Crippen LogP contribution in [-0.2, 0) is 28.8 Å². The number of hydrogen-bond acceptors (Lipinski definition) is 8. The maximum absolute atomic E-state index is 12.7. The number of aliphatic hydroxyl groups is 1. The third-order valence-electron chi connectivity index (χ3n) is 4.21. The Hall–Kier alpha value is -3.26. The molecule has 11 N–H and O–H groups in total. The summed E-state index contributed by atoms with van der Waals surface area (Å²) in [6.07, 6.45) is -0.699. The van der Waals surface area contributed by atoms with Crippen LogP contribution >= 0.6 is 0 Å². The van der Waals surface area contributed by atoms with Crippen molar-refractivity contribution in [3.05, 3.63) is 0 Å². The minimum Gasteiger partial charge on any atom is -0.480 e. The summed E-state index contributed by atoms with van der Waals surface area (Å²) in [6.45, 7) is 2.66. The number of carboxylic acid groups (broad SMARTS) is 1. The zero-order valence-corrected chi connectivity index (χ0v) is 18.0. The summed E-state index contributed by atoms with van der Waals surface area (Å²) in [4.78, 5) is 70.1. The molecule has 0 aromatic carbocycles. The Bertz CT molecular complexity index is 714. The monoisotopic (exact) mass is 460 g/mol. The largest absolute Gasteiger partial charge is 0.480 e. The molecule has 14 heteroatoms. The van der Waals surface area contributed by atoms with Gasteiger partial charge in [0.05, 0.1) is 19.1 Å². The number of aliphatic hydroxyl groups excluding tert-OH is 1. The zero-order valence-electron chi connectivity index (χ0n) is 18.0. The van der Waals surface area contributed by atoms with Crippen molar-refractivity contribution in [1.29, 1.82) is 0 Å². The predicted molar refractivity (Wildman–Crippen MR) is 110 cm³/mol. The lowest BCUT2D eigenvalue weighted by Crippen LogP contribution is -2.58. The van der Waals surface area contributed by atoms with Crippen molar-refractivity contribution in [3.8, 4) is 0 Å². The van der Waals surface area contributed by atoms with Gasteiger partial charge >= 0.3 is 5.97 Å². The van der Waals surface area contributed by atoms with Crippen molar-refractivity contribution < 1.29 is 39.0 Å². The van der Waals surface area contributed by atoms with Crippen LogP contribution < -0.4 is 33.2 Å². The zero-order chi connectivity index (χ0) is 25.0. The van der Waals surface area contributed by atoms with E-state index in [0.717, 1.165) is 0 Å². The number of amides is 5. The van der Waals surface area contributed by atoms with Gasteiger partial charge in [-0.25, -0.2) is 4.79 Å². The molecule has 0 fully saturated rings. The Morgan fingerprint density at radius 2 is 1.31 bits per heavy atom. The van der Waals surface area contributed by atoms with Gasteiger partial charge in [0, 0.05) is 6.42 Å². The number of rotatable bonds is 15. The first-order valence-electron chi connectivity index (χ1n) is 9.85. The molecule has 0 spiro atoms. The fourth-order valence-corrected chi connectivity index (χ4v) is 2.55. The maximum atomic E-state index is 12.7. The molecule has 4 atom stereocenters. The standard InChI is InChI=1S/C18H32N6O8/c1-8(2)5-10(22-15(28)9(19)3-4-13(20)26)16(29)24-12(7-25)17(30)23-11(18(31)32)6-14(21)27/h8-12,25H,3-7,19H2,1-2H3,(H2,20,26)(H2,21,27)(H,22,28)(H,23,30)(H,24,29)(H,31,32). The summed E-state index contributed by atoms with van der Waals surface area (Å²) >= 11 is 0. The van der Waals surface area contributed by atoms with E-state index >= 15 is 0 Å². The van der Waals surface area contributed by atoms with Crippen molar-refractivity contribution in [2.45, 2.75) is 63.7 Å². The van der Waals surface area contributed by atoms with Crippen LogP contribution in [0.15, 0.2) is 0 Å². The van der Waals surface area contributed by atoms with Gasteiger partial charge in [-0.05, 0) is 18.8 Å². The Morgan fingerprint density at radius 3 is 1.75 bits per heavy atom. The molecule has 0 aliphatic rings. The fraction of sp³-hybridized carbons (Fsp3) is 0.667. The highest BCUT2D eigenvalue weighted by Gasteiger charge is 2.30. The summed E-state index contributed by atoms with van der Waals surface area (Å²) in [5.74, 6) is -5.83. The summed E-state index contributed by atoms with van der Waals surface area (Å²) in [5, 5.41) is 25.2. The second-order valence-corrected chi connectivity index (χ2v) is 7.62. The lowest BCUT2D eigenvalue weighted by Gasteiger charge is -2.25. The van der Waals surface area contributed by atoms with Gasteiger partial charge in [-0.3, -0.25) is 24.0 Å². The van der Waals surface area contributed by atoms with E-state index in [0.29, 0.717) is 0 Å². The smallest absolute Gasteiger partial charge is 0.326 e. The molecule has 4 unspecified atom stereocenters. The second kappa shape index (κ2) is 13.9. The van der Waals surface area contributed by atoms with Crippen LogP contribution in [0.5, 0.6) is 0 Å². The molecule has 0 rings (SSSR count). The normalized spacial score (nSPS) is 14.5. The summed E-state index contributed by atoms with van der Waals surface area (Å²) in [6, 6.07) is -5.45. The highest BCUT2D eigenvalue weighted by Crippen LogP contribution is 2.07. The number of aliphatic carboxylic acids is 1. The molecule has 14 nitrogen and oxygen atoms in total. The average molecular weight is 460 g/mol. The highest BCUT2D eigenvalue weighted by molar-refractivity contribution is 5.95. The Kier molecular flexibility index (Phi) is 12.5. The van der Waals surface area contributed by atoms with Gasteiger partial charge in [0.25, 0.3) is 0 Å². The van der Waals surface area contributed by atoms with Gasteiger partial charge in [0.1, 0.15) is 18.1 Å². The van der Waals surface area contributed by atoms with Gasteiger partial charge < -0.3 is 43.4 Å². The number of carbonyl (C=O) groups is 6. The average Bonchev–Trinajstić information content (AvgIpc) is 2.67. The molecule has 0 saturated heterocycles. The van der Waals surface area contributed by atoms with E-state index in [1.165, 1.54) is 0 Å². The van der Waals surface area contributed by atoms with E-state index in [1.54, 1.807) is 13.8 Å². The predicted octanol–water partition coefficient (Wildman–Crippen LogP) is -3.97. The Labute approximate surface area is 184 Å². The number of carboxylic acids is 1. The molecule has 0 saturated carbocycles. The number of nitrogens with two attached hydrogens (primary N) is 3. The van der Waals surface area contributed by atoms with Gasteiger partial charge in [-0.2, -0.15) is 0 Å². The van der Waals surface area contributed by atoms with Gasteiger partial charge in [0.15, 0.2) is 0 Å². The van der Waals surface area contributed by atoms with Crippen LogP contribution in [-0.4, -0.2) is 76.5 Å². The maximum Gasteiger partial charge on any atom is 0.326 e. The summed E-state index contributed by atoms with van der Waals surface area (Å²) in [7, 11) is 0. The van der Waals surface area contributed by atoms with Crippen LogP contribution in [0.3, 0.4) is 0 Å². The van der Waals surface area contributed by atoms with Crippen molar-refractivity contribution in [2.24, 2.45) is 23.1 Å². The minimum absolute atomic E-state index is 0.0324. The van der Waals surface area contributed by atoms with Crippen LogP contribution in [0.1, 0.15) is 39.5 Å². The fourth-order valence-electron chi connectivity index (χ4n) is 2.55. The Balaban J connectivity index is 5.24. The first kappa shape index (κ1) is 28.7. The molecule has 5 amide bonds. The molecule has 0 aliphatic carbocycles. The molecule has 0 radical (unpaired) electrons. The lowest BCUT2D eigenvalue weighted by molar-refractivity contribution is -0.144. The van der Waals surface area contributed by atoms with Crippen molar-refractivity contribution in [2.75, 3.05) is 6.61 Å². The van der Waals surface area contributed by atoms with E-state index in [2.05, 4.69) is 10.6 Å². The minimum atomic E-state index is -1.65. The van der Waals surface area contributed by atoms with E-state index in [1.807, 2.05) is 5.32 Å². The van der Waals surface area contributed by atoms with Crippen LogP contribution in [0.25, 0.3) is 0 Å². The van der Waals surface area contributed by atoms with E-state index < -0.39 is 72.7 Å². The first-order valence-corrected chi connectivity index (χ1v) is 9.85. The second-order valence-electron chi connectivity index (χ2n) is 7.62. The molecular weight excluding hydrogens is 428 g/mol. The van der Waals surface area contributed by atoms with Gasteiger partial charge in [-0.15, -0.1) is 0 Å². The number of nitrogens with one attached hydrogen (secondary N) is 3. The molecule has 0 aliphatic heterocycles. The van der Waals surface area contributed by atoms with Gasteiger partial charge in [-0.1, -0.05) is 13.8 Å². The molecular formula is C18H32N6O8. The Morgan fingerprint density at radius 1 is 0.812 bits per heavy atom. The summed E-state index contributed by atoms with van der Waals surface area (Å²) in [5.41, 5.74) is 15.7. The molecule has 0 aromatic heterocycles. The SMILES string of the molecule is CC(C)CC(NC(=O)C(N)CCC(N)=O)C(=O)NC(CO)C(=O)NC(CC(N)=O)C(=O)O. The van der Waals surface area contributed by atoms with E-state index in [4.69, 9.17) is 22.3 Å². The van der Waals surface area contributed by atoms with Crippen LogP contribution in [0.4, 0.5) is 0 Å². The van der Waals surface area contributed by atoms with Crippen LogP contribution in [0, 0.1) is 5.92 Å². The third-order valence-corrected chi connectivity index (χ3v) is 4.21. The summed E-state index contributed by atoms with van der Waals surface area (Å²) < 4.78 is 0. The van der Waals surface area contributed by atoms with Crippen molar-refractivity contribution >= 4 is 35.5 Å². The van der Waals surface area contributed by atoms with Crippen molar-refractivity contribution in [3.63, 3.8) is 0 Å². The number of hydrogen-bond donors (Lipinski definition) is 8. The topological polar surface area (TPSA) is 257 Å². The first-order chi connectivity index (χ1) is 14.8. The number of primary amides is 2.